The van der Waals surface area contributed by atoms with Crippen molar-refractivity contribution in [2.75, 3.05) is 5.32 Å². The van der Waals surface area contributed by atoms with Gasteiger partial charge in [0.15, 0.2) is 5.65 Å². The van der Waals surface area contributed by atoms with Gasteiger partial charge in [0.2, 0.25) is 5.95 Å². The Labute approximate surface area is 194 Å². The fourth-order valence-electron chi connectivity index (χ4n) is 4.17. The van der Waals surface area contributed by atoms with Gasteiger partial charge in [0.25, 0.3) is 0 Å². The molecule has 11 heteroatoms. The molecule has 1 saturated carbocycles. The standard InChI is InChI=1S/C23H25F3N6O2/c1-14(10-23(24,25)26)4-7-19(33)34-17-6-5-15(9-17)16-11-28-22(29-12-16)32-21-18-3-2-8-27-20(18)30-13-31-21/h2-3,8,11-15,17H,4-7,9-10H2,1H3,(H,27,28,29,30,31,32)/t14-,15-,17+/m1/s1. The Hall–Kier alpha value is -3.37. The number of nitrogens with one attached hydrogen (secondary N) is 1. The van der Waals surface area contributed by atoms with Crippen LogP contribution in [-0.2, 0) is 9.53 Å². The molecular weight excluding hydrogens is 449 g/mol. The third-order valence-corrected chi connectivity index (χ3v) is 5.89. The van der Waals surface area contributed by atoms with E-state index in [1.54, 1.807) is 24.7 Å². The van der Waals surface area contributed by atoms with Crippen molar-refractivity contribution in [1.29, 1.82) is 0 Å². The number of halogens is 3. The molecule has 0 bridgehead atoms. The van der Waals surface area contributed by atoms with Gasteiger partial charge in [0, 0.05) is 31.4 Å². The molecule has 0 aromatic carbocycles. The van der Waals surface area contributed by atoms with E-state index >= 15 is 0 Å². The number of alkyl halides is 3. The van der Waals surface area contributed by atoms with Crippen molar-refractivity contribution in [3.63, 3.8) is 0 Å². The molecular formula is C23H25F3N6O2. The zero-order valence-electron chi connectivity index (χ0n) is 18.6. The van der Waals surface area contributed by atoms with Crippen LogP contribution in [0, 0.1) is 5.92 Å². The summed E-state index contributed by atoms with van der Waals surface area (Å²) in [5, 5.41) is 3.84. The van der Waals surface area contributed by atoms with Crippen LogP contribution in [0.1, 0.15) is 56.9 Å². The quantitative estimate of drug-likeness (QED) is 0.450. The number of anilines is 2. The summed E-state index contributed by atoms with van der Waals surface area (Å²) in [7, 11) is 0. The fraction of sp³-hybridized carbons (Fsp3) is 0.478. The lowest BCUT2D eigenvalue weighted by Gasteiger charge is -2.16. The second kappa shape index (κ2) is 10.3. The van der Waals surface area contributed by atoms with Crippen molar-refractivity contribution in [2.45, 2.75) is 63.6 Å². The van der Waals surface area contributed by atoms with Crippen LogP contribution in [0.2, 0.25) is 0 Å². The highest BCUT2D eigenvalue weighted by Gasteiger charge is 2.31. The summed E-state index contributed by atoms with van der Waals surface area (Å²) in [4.78, 5) is 33.4. The number of rotatable bonds is 8. The minimum atomic E-state index is -4.21. The van der Waals surface area contributed by atoms with Gasteiger partial charge in [-0.2, -0.15) is 13.2 Å². The first-order valence-corrected chi connectivity index (χ1v) is 11.2. The molecule has 3 aromatic rings. The summed E-state index contributed by atoms with van der Waals surface area (Å²) < 4.78 is 42.8. The molecule has 3 atom stereocenters. The maximum atomic E-state index is 12.4. The Kier molecular flexibility index (Phi) is 7.18. The van der Waals surface area contributed by atoms with Crippen molar-refractivity contribution in [3.8, 4) is 0 Å². The number of esters is 1. The third-order valence-electron chi connectivity index (χ3n) is 5.89. The summed E-state index contributed by atoms with van der Waals surface area (Å²) in [6, 6.07) is 3.66. The largest absolute Gasteiger partial charge is 0.462 e. The summed E-state index contributed by atoms with van der Waals surface area (Å²) in [6.07, 6.45) is 3.54. The minimum absolute atomic E-state index is 0.00483. The van der Waals surface area contributed by atoms with Gasteiger partial charge in [-0.15, -0.1) is 0 Å². The monoisotopic (exact) mass is 474 g/mol. The van der Waals surface area contributed by atoms with Gasteiger partial charge in [-0.1, -0.05) is 6.92 Å². The van der Waals surface area contributed by atoms with E-state index in [-0.39, 0.29) is 24.9 Å². The van der Waals surface area contributed by atoms with E-state index < -0.39 is 24.5 Å². The molecule has 180 valence electrons. The smallest absolute Gasteiger partial charge is 0.389 e. The van der Waals surface area contributed by atoms with Crippen LogP contribution >= 0.6 is 0 Å². The van der Waals surface area contributed by atoms with E-state index in [0.717, 1.165) is 17.4 Å². The Bertz CT molecular complexity index is 1120. The van der Waals surface area contributed by atoms with Gasteiger partial charge in [-0.25, -0.2) is 24.9 Å². The SMILES string of the molecule is C[C@H](CCC(=O)O[C@H]1CC[C@@H](c2cnc(Nc3ncnc4ncccc34)nc2)C1)CC(F)(F)F. The Morgan fingerprint density at radius 1 is 1.18 bits per heavy atom. The number of hydrogen-bond donors (Lipinski definition) is 1. The van der Waals surface area contributed by atoms with E-state index in [9.17, 15) is 18.0 Å². The topological polar surface area (TPSA) is 103 Å². The van der Waals surface area contributed by atoms with E-state index in [1.807, 2.05) is 6.07 Å². The number of aromatic nitrogens is 5. The minimum Gasteiger partial charge on any atom is -0.462 e. The van der Waals surface area contributed by atoms with Crippen LogP contribution in [0.25, 0.3) is 11.0 Å². The van der Waals surface area contributed by atoms with Crippen LogP contribution in [0.15, 0.2) is 37.1 Å². The molecule has 1 N–H and O–H groups in total. The average Bonchev–Trinajstić information content (AvgIpc) is 3.26. The van der Waals surface area contributed by atoms with E-state index in [2.05, 4.69) is 30.2 Å². The number of fused-ring (bicyclic) bond motifs is 1. The summed E-state index contributed by atoms with van der Waals surface area (Å²) in [5.74, 6) is 0.0525. The fourth-order valence-corrected chi connectivity index (χ4v) is 4.17. The molecule has 0 spiro atoms. The van der Waals surface area contributed by atoms with Crippen molar-refractivity contribution in [1.82, 2.24) is 24.9 Å². The number of hydrogen-bond acceptors (Lipinski definition) is 8. The maximum Gasteiger partial charge on any atom is 0.389 e. The van der Waals surface area contributed by atoms with Crippen LogP contribution in [0.4, 0.5) is 24.9 Å². The molecule has 0 radical (unpaired) electrons. The summed E-state index contributed by atoms with van der Waals surface area (Å²) in [6.45, 7) is 1.50. The molecule has 0 saturated heterocycles. The number of nitrogens with zero attached hydrogens (tertiary/aromatic N) is 5. The number of carbonyl (C=O) groups is 1. The molecule has 0 aliphatic heterocycles. The summed E-state index contributed by atoms with van der Waals surface area (Å²) in [5.41, 5.74) is 1.51. The number of carbonyl (C=O) groups excluding carboxylic acids is 1. The van der Waals surface area contributed by atoms with Gasteiger partial charge in [0.1, 0.15) is 18.2 Å². The second-order valence-corrected chi connectivity index (χ2v) is 8.65. The van der Waals surface area contributed by atoms with Gasteiger partial charge >= 0.3 is 12.1 Å². The predicted octanol–water partition coefficient (Wildman–Crippen LogP) is 5.11. The van der Waals surface area contributed by atoms with Crippen molar-refractivity contribution >= 4 is 28.8 Å². The van der Waals surface area contributed by atoms with Gasteiger partial charge in [-0.3, -0.25) is 4.79 Å². The molecule has 3 aromatic heterocycles. The molecule has 1 aliphatic carbocycles. The zero-order valence-corrected chi connectivity index (χ0v) is 18.6. The lowest BCUT2D eigenvalue weighted by Crippen LogP contribution is -2.17. The maximum absolute atomic E-state index is 12.4. The van der Waals surface area contributed by atoms with E-state index in [1.165, 1.54) is 13.3 Å². The highest BCUT2D eigenvalue weighted by Crippen LogP contribution is 2.36. The van der Waals surface area contributed by atoms with Crippen LogP contribution < -0.4 is 5.32 Å². The van der Waals surface area contributed by atoms with Crippen molar-refractivity contribution in [2.24, 2.45) is 5.92 Å². The molecule has 3 heterocycles. The van der Waals surface area contributed by atoms with E-state index in [4.69, 9.17) is 4.74 Å². The normalized spacial score (nSPS) is 19.2. The first kappa shape index (κ1) is 23.8. The molecule has 1 fully saturated rings. The molecule has 4 rings (SSSR count). The zero-order chi connectivity index (χ0) is 24.1. The highest BCUT2D eigenvalue weighted by atomic mass is 19.4. The van der Waals surface area contributed by atoms with Crippen LogP contribution in [-0.4, -0.2) is 43.2 Å². The third kappa shape index (κ3) is 6.36. The second-order valence-electron chi connectivity index (χ2n) is 8.65. The highest BCUT2D eigenvalue weighted by molar-refractivity contribution is 5.87. The predicted molar refractivity (Wildman–Crippen MR) is 118 cm³/mol. The Morgan fingerprint density at radius 2 is 1.97 bits per heavy atom. The Balaban J connectivity index is 1.27. The molecule has 0 unspecified atom stereocenters. The average molecular weight is 474 g/mol. The van der Waals surface area contributed by atoms with Crippen molar-refractivity contribution in [3.05, 3.63) is 42.6 Å². The summed E-state index contributed by atoms with van der Waals surface area (Å²) >= 11 is 0. The first-order chi connectivity index (χ1) is 16.3. The van der Waals surface area contributed by atoms with Crippen LogP contribution in [0.5, 0.6) is 0 Å². The molecule has 8 nitrogen and oxygen atoms in total. The van der Waals surface area contributed by atoms with Gasteiger partial charge < -0.3 is 10.1 Å². The molecule has 0 amide bonds. The molecule has 1 aliphatic rings. The van der Waals surface area contributed by atoms with Gasteiger partial charge in [-0.05, 0) is 55.2 Å². The Morgan fingerprint density at radius 3 is 2.74 bits per heavy atom. The molecule has 34 heavy (non-hydrogen) atoms. The lowest BCUT2D eigenvalue weighted by molar-refractivity contribution is -0.152. The first-order valence-electron chi connectivity index (χ1n) is 11.2. The lowest BCUT2D eigenvalue weighted by atomic mass is 10.0. The van der Waals surface area contributed by atoms with Crippen LogP contribution in [0.3, 0.4) is 0 Å². The van der Waals surface area contributed by atoms with Gasteiger partial charge in [0.05, 0.1) is 5.39 Å². The number of ether oxygens (including phenoxy) is 1. The van der Waals surface area contributed by atoms with E-state index in [0.29, 0.717) is 30.3 Å². The van der Waals surface area contributed by atoms with Crippen molar-refractivity contribution < 1.29 is 22.7 Å². The number of pyridine rings is 1.